The van der Waals surface area contributed by atoms with E-state index in [9.17, 15) is 0 Å². The third kappa shape index (κ3) is 2.21. The van der Waals surface area contributed by atoms with E-state index in [1.807, 2.05) is 10.9 Å². The fourth-order valence-electron chi connectivity index (χ4n) is 2.00. The van der Waals surface area contributed by atoms with Crippen LogP contribution in [0.5, 0.6) is 0 Å². The van der Waals surface area contributed by atoms with Crippen LogP contribution in [0, 0.1) is 0 Å². The molecular formula is C11H20N4. The monoisotopic (exact) mass is 208 g/mol. The van der Waals surface area contributed by atoms with Crippen molar-refractivity contribution in [3.8, 4) is 0 Å². The first-order valence-corrected chi connectivity index (χ1v) is 5.70. The van der Waals surface area contributed by atoms with Crippen LogP contribution < -0.4 is 5.73 Å². The Balaban J connectivity index is 2.10. The molecule has 1 aliphatic carbocycles. The second-order valence-electron chi connectivity index (χ2n) is 4.28. The minimum absolute atomic E-state index is 0.331. The zero-order valence-corrected chi connectivity index (χ0v) is 9.56. The molecule has 15 heavy (non-hydrogen) atoms. The summed E-state index contributed by atoms with van der Waals surface area (Å²) in [6, 6.07) is 1.07. The zero-order valence-electron chi connectivity index (χ0n) is 9.56. The van der Waals surface area contributed by atoms with Crippen LogP contribution in [0.3, 0.4) is 0 Å². The number of likely N-dealkylation sites (N-methyl/N-ethyl adjacent to an activating group) is 1. The minimum Gasteiger partial charge on any atom is -0.329 e. The van der Waals surface area contributed by atoms with Gasteiger partial charge in [0.2, 0.25) is 0 Å². The molecule has 2 rings (SSSR count). The van der Waals surface area contributed by atoms with Gasteiger partial charge in [-0.1, -0.05) is 0 Å². The average molecular weight is 208 g/mol. The van der Waals surface area contributed by atoms with E-state index < -0.39 is 0 Å². The summed E-state index contributed by atoms with van der Waals surface area (Å²) in [7, 11) is 2.17. The van der Waals surface area contributed by atoms with Gasteiger partial charge in [-0.3, -0.25) is 9.58 Å². The highest BCUT2D eigenvalue weighted by Crippen LogP contribution is 2.32. The molecule has 84 valence electrons. The Morgan fingerprint density at radius 3 is 2.87 bits per heavy atom. The largest absolute Gasteiger partial charge is 0.329 e. The summed E-state index contributed by atoms with van der Waals surface area (Å²) < 4.78 is 1.96. The molecule has 0 saturated heterocycles. The van der Waals surface area contributed by atoms with Crippen molar-refractivity contribution < 1.29 is 0 Å². The number of nitrogens with zero attached hydrogens (tertiary/aromatic N) is 3. The smallest absolute Gasteiger partial charge is 0.0538 e. The van der Waals surface area contributed by atoms with Crippen LogP contribution in [0.25, 0.3) is 0 Å². The maximum Gasteiger partial charge on any atom is 0.0538 e. The van der Waals surface area contributed by atoms with Crippen LogP contribution in [0.15, 0.2) is 12.4 Å². The van der Waals surface area contributed by atoms with Crippen molar-refractivity contribution in [2.45, 2.75) is 38.4 Å². The predicted octanol–water partition coefficient (Wildman–Crippen LogP) is 0.997. The lowest BCUT2D eigenvalue weighted by atomic mass is 10.1. The third-order valence-electron chi connectivity index (χ3n) is 3.20. The Morgan fingerprint density at radius 1 is 1.67 bits per heavy atom. The van der Waals surface area contributed by atoms with Crippen LogP contribution in [0.4, 0.5) is 0 Å². The average Bonchev–Trinajstić information content (AvgIpc) is 3.00. The summed E-state index contributed by atoms with van der Waals surface area (Å²) >= 11 is 0. The lowest BCUT2D eigenvalue weighted by Crippen LogP contribution is -2.31. The fraction of sp³-hybridized carbons (Fsp3) is 0.727. The van der Waals surface area contributed by atoms with Crippen molar-refractivity contribution in [1.29, 1.82) is 0 Å². The van der Waals surface area contributed by atoms with E-state index >= 15 is 0 Å². The molecule has 0 bridgehead atoms. The Kier molecular flexibility index (Phi) is 3.07. The van der Waals surface area contributed by atoms with Crippen LogP contribution in [0.2, 0.25) is 0 Å². The topological polar surface area (TPSA) is 47.1 Å². The number of aryl methyl sites for hydroxylation is 1. The maximum absolute atomic E-state index is 5.84. The molecule has 4 nitrogen and oxygen atoms in total. The van der Waals surface area contributed by atoms with E-state index in [-0.39, 0.29) is 0 Å². The van der Waals surface area contributed by atoms with Gasteiger partial charge in [0.05, 0.1) is 12.2 Å². The van der Waals surface area contributed by atoms with Crippen molar-refractivity contribution in [3.63, 3.8) is 0 Å². The zero-order chi connectivity index (χ0) is 10.8. The van der Waals surface area contributed by atoms with E-state index in [2.05, 4.69) is 30.2 Å². The summed E-state index contributed by atoms with van der Waals surface area (Å²) in [5, 5.41) is 4.30. The summed E-state index contributed by atoms with van der Waals surface area (Å²) in [6.45, 7) is 3.69. The van der Waals surface area contributed by atoms with Crippen LogP contribution >= 0.6 is 0 Å². The Bertz CT molecular complexity index is 316. The van der Waals surface area contributed by atoms with Crippen molar-refractivity contribution in [3.05, 3.63) is 18.0 Å². The molecule has 1 atom stereocenters. The first-order valence-electron chi connectivity index (χ1n) is 5.70. The van der Waals surface area contributed by atoms with E-state index in [0.29, 0.717) is 12.6 Å². The highest BCUT2D eigenvalue weighted by molar-refractivity contribution is 5.12. The molecule has 1 unspecified atom stereocenters. The first kappa shape index (κ1) is 10.6. The molecule has 4 heteroatoms. The highest BCUT2D eigenvalue weighted by atomic mass is 15.3. The van der Waals surface area contributed by atoms with Gasteiger partial charge >= 0.3 is 0 Å². The summed E-state index contributed by atoms with van der Waals surface area (Å²) in [4.78, 5) is 2.39. The second-order valence-corrected chi connectivity index (χ2v) is 4.28. The van der Waals surface area contributed by atoms with Crippen molar-refractivity contribution in [1.82, 2.24) is 14.7 Å². The van der Waals surface area contributed by atoms with E-state index in [0.717, 1.165) is 12.6 Å². The molecule has 0 aromatic carbocycles. The molecule has 0 amide bonds. The van der Waals surface area contributed by atoms with Gasteiger partial charge in [0.15, 0.2) is 0 Å². The van der Waals surface area contributed by atoms with Gasteiger partial charge in [0.25, 0.3) is 0 Å². The molecule has 1 aliphatic rings. The fourth-order valence-corrected chi connectivity index (χ4v) is 2.00. The maximum atomic E-state index is 5.84. The number of hydrogen-bond donors (Lipinski definition) is 1. The van der Waals surface area contributed by atoms with E-state index in [1.54, 1.807) is 0 Å². The quantitative estimate of drug-likeness (QED) is 0.785. The van der Waals surface area contributed by atoms with E-state index in [1.165, 1.54) is 18.4 Å². The third-order valence-corrected chi connectivity index (χ3v) is 3.20. The normalized spacial score (nSPS) is 18.4. The molecule has 0 aliphatic heterocycles. The number of aromatic nitrogens is 2. The predicted molar refractivity (Wildman–Crippen MR) is 60.5 cm³/mol. The van der Waals surface area contributed by atoms with Gasteiger partial charge in [0, 0.05) is 30.9 Å². The summed E-state index contributed by atoms with van der Waals surface area (Å²) in [5.41, 5.74) is 7.09. The lowest BCUT2D eigenvalue weighted by molar-refractivity contribution is 0.240. The molecular weight excluding hydrogens is 188 g/mol. The molecule has 1 aromatic rings. The molecule has 1 aromatic heterocycles. The number of hydrogen-bond acceptors (Lipinski definition) is 3. The Morgan fingerprint density at radius 2 is 2.40 bits per heavy atom. The van der Waals surface area contributed by atoms with Gasteiger partial charge in [0.1, 0.15) is 0 Å². The van der Waals surface area contributed by atoms with Crippen molar-refractivity contribution in [2.24, 2.45) is 5.73 Å². The minimum atomic E-state index is 0.331. The standard InChI is InChI=1S/C11H20N4/c1-3-15-8-9(7-13-15)11(6-12)14(2)10-4-5-10/h7-8,10-11H,3-6,12H2,1-2H3. The lowest BCUT2D eigenvalue weighted by Gasteiger charge is -2.25. The Hall–Kier alpha value is -0.870. The van der Waals surface area contributed by atoms with E-state index in [4.69, 9.17) is 5.73 Å². The van der Waals surface area contributed by atoms with Gasteiger partial charge in [-0.25, -0.2) is 0 Å². The molecule has 1 heterocycles. The second kappa shape index (κ2) is 4.33. The molecule has 1 fully saturated rings. The molecule has 0 radical (unpaired) electrons. The Labute approximate surface area is 91.1 Å². The highest BCUT2D eigenvalue weighted by Gasteiger charge is 2.31. The van der Waals surface area contributed by atoms with Gasteiger partial charge in [-0.15, -0.1) is 0 Å². The van der Waals surface area contributed by atoms with Crippen molar-refractivity contribution in [2.75, 3.05) is 13.6 Å². The first-order chi connectivity index (χ1) is 7.26. The van der Waals surface area contributed by atoms with Gasteiger partial charge in [-0.2, -0.15) is 5.10 Å². The molecule has 0 spiro atoms. The number of rotatable bonds is 5. The number of nitrogens with two attached hydrogens (primary N) is 1. The summed E-state index contributed by atoms with van der Waals surface area (Å²) in [5.74, 6) is 0. The van der Waals surface area contributed by atoms with Gasteiger partial charge in [-0.05, 0) is 26.8 Å². The van der Waals surface area contributed by atoms with Crippen molar-refractivity contribution >= 4 is 0 Å². The van der Waals surface area contributed by atoms with Crippen LogP contribution in [-0.4, -0.2) is 34.3 Å². The molecule has 1 saturated carbocycles. The molecule has 2 N–H and O–H groups in total. The van der Waals surface area contributed by atoms with Gasteiger partial charge < -0.3 is 5.73 Å². The van der Waals surface area contributed by atoms with Crippen LogP contribution in [0.1, 0.15) is 31.4 Å². The summed E-state index contributed by atoms with van der Waals surface area (Å²) in [6.07, 6.45) is 6.68. The SMILES string of the molecule is CCn1cc(C(CN)N(C)C2CC2)cn1. The van der Waals surface area contributed by atoms with Crippen LogP contribution in [-0.2, 0) is 6.54 Å².